The van der Waals surface area contributed by atoms with Gasteiger partial charge in [-0.25, -0.2) is 0 Å². The fourth-order valence-electron chi connectivity index (χ4n) is 3.54. The van der Waals surface area contributed by atoms with Gasteiger partial charge in [0, 0.05) is 18.3 Å². The molecule has 1 fully saturated rings. The summed E-state index contributed by atoms with van der Waals surface area (Å²) in [4.78, 5) is 4.92. The zero-order chi connectivity index (χ0) is 17.1. The van der Waals surface area contributed by atoms with E-state index in [1.165, 1.54) is 50.7 Å². The van der Waals surface area contributed by atoms with Gasteiger partial charge in [-0.1, -0.05) is 59.8 Å². The predicted molar refractivity (Wildman–Crippen MR) is 103 cm³/mol. The monoisotopic (exact) mass is 323 g/mol. The Morgan fingerprint density at radius 3 is 2.35 bits per heavy atom. The van der Waals surface area contributed by atoms with Gasteiger partial charge in [0.1, 0.15) is 0 Å². The summed E-state index contributed by atoms with van der Waals surface area (Å²) in [6, 6.07) is 0.502. The number of hydrogen-bond acceptors (Lipinski definition) is 3. The molecule has 0 bridgehead atoms. The maximum absolute atomic E-state index is 5.97. The van der Waals surface area contributed by atoms with Gasteiger partial charge in [-0.15, -0.1) is 0 Å². The Morgan fingerprint density at radius 2 is 1.78 bits per heavy atom. The minimum atomic E-state index is 0.502. The molecule has 3 N–H and O–H groups in total. The van der Waals surface area contributed by atoms with Gasteiger partial charge in [0.15, 0.2) is 0 Å². The fourth-order valence-corrected chi connectivity index (χ4v) is 3.54. The molecule has 1 atom stereocenters. The number of nitrogens with two attached hydrogens (primary N) is 1. The van der Waals surface area contributed by atoms with Crippen molar-refractivity contribution in [2.75, 3.05) is 19.6 Å². The molecule has 1 saturated carbocycles. The van der Waals surface area contributed by atoms with Gasteiger partial charge in [0.2, 0.25) is 0 Å². The van der Waals surface area contributed by atoms with Crippen molar-refractivity contribution in [3.05, 3.63) is 0 Å². The summed E-state index contributed by atoms with van der Waals surface area (Å²) < 4.78 is 0. The summed E-state index contributed by atoms with van der Waals surface area (Å²) in [6.45, 7) is 11.8. The molecule has 0 radical (unpaired) electrons. The summed E-state index contributed by atoms with van der Waals surface area (Å²) in [7, 11) is 0. The minimum absolute atomic E-state index is 0.502. The Kier molecular flexibility index (Phi) is 10.8. The number of nitrogens with zero attached hydrogens (tertiary/aromatic N) is 1. The molecular weight excluding hydrogens is 282 g/mol. The van der Waals surface area contributed by atoms with Crippen LogP contribution in [0.25, 0.3) is 0 Å². The lowest BCUT2D eigenvalue weighted by molar-refractivity contribution is 0.366. The van der Waals surface area contributed by atoms with E-state index >= 15 is 0 Å². The van der Waals surface area contributed by atoms with Gasteiger partial charge < -0.3 is 11.1 Å². The lowest BCUT2D eigenvalue weighted by Crippen LogP contribution is -2.35. The second-order valence-corrected chi connectivity index (χ2v) is 8.28. The first-order valence-corrected chi connectivity index (χ1v) is 9.96. The van der Waals surface area contributed by atoms with Crippen LogP contribution in [-0.4, -0.2) is 31.4 Å². The molecule has 0 unspecified atom stereocenters. The molecule has 1 rings (SSSR count). The second-order valence-electron chi connectivity index (χ2n) is 8.28. The first kappa shape index (κ1) is 20.6. The third kappa shape index (κ3) is 10.1. The van der Waals surface area contributed by atoms with E-state index in [1.807, 2.05) is 0 Å². The highest BCUT2D eigenvalue weighted by Crippen LogP contribution is 2.26. The number of aliphatic imine (C=N–C) groups is 1. The molecule has 0 amide bonds. The van der Waals surface area contributed by atoms with E-state index in [0.29, 0.717) is 18.5 Å². The molecule has 1 aliphatic rings. The molecule has 23 heavy (non-hydrogen) atoms. The van der Waals surface area contributed by atoms with Crippen LogP contribution in [0.15, 0.2) is 4.99 Å². The van der Waals surface area contributed by atoms with Crippen LogP contribution in [0.5, 0.6) is 0 Å². The quantitative estimate of drug-likeness (QED) is 0.553. The van der Waals surface area contributed by atoms with Crippen molar-refractivity contribution in [3.8, 4) is 0 Å². The second kappa shape index (κ2) is 12.0. The van der Waals surface area contributed by atoms with Crippen molar-refractivity contribution >= 4 is 5.71 Å². The van der Waals surface area contributed by atoms with Crippen LogP contribution in [0.3, 0.4) is 0 Å². The van der Waals surface area contributed by atoms with E-state index in [0.717, 1.165) is 31.3 Å². The number of hydrogen-bond donors (Lipinski definition) is 2. The third-order valence-corrected chi connectivity index (χ3v) is 4.93. The summed E-state index contributed by atoms with van der Waals surface area (Å²) in [5.74, 6) is 2.31. The van der Waals surface area contributed by atoms with Gasteiger partial charge in [-0.05, 0) is 43.6 Å². The zero-order valence-corrected chi connectivity index (χ0v) is 16.1. The maximum atomic E-state index is 5.97. The van der Waals surface area contributed by atoms with Crippen molar-refractivity contribution in [2.45, 2.75) is 85.1 Å². The van der Waals surface area contributed by atoms with Crippen molar-refractivity contribution in [1.82, 2.24) is 5.32 Å². The highest BCUT2D eigenvalue weighted by atomic mass is 14.9. The Morgan fingerprint density at radius 1 is 1.09 bits per heavy atom. The van der Waals surface area contributed by atoms with Gasteiger partial charge in [-0.3, -0.25) is 4.99 Å². The molecule has 136 valence electrons. The van der Waals surface area contributed by atoms with E-state index in [2.05, 4.69) is 33.0 Å². The van der Waals surface area contributed by atoms with E-state index in [1.54, 1.807) is 0 Å². The van der Waals surface area contributed by atoms with Crippen molar-refractivity contribution in [1.29, 1.82) is 0 Å². The minimum Gasteiger partial charge on any atom is -0.326 e. The topological polar surface area (TPSA) is 50.4 Å². The standard InChI is InChI=1S/C20H41N3/c1-16(2)10-11-22-20(12-17(3)4)15-23-19(14-21)13-18-8-6-5-7-9-18/h16-18,20,22H,5-15,21H2,1-4H3/b23-19+/t20-/m0/s1. The first-order valence-electron chi connectivity index (χ1n) is 9.96. The van der Waals surface area contributed by atoms with E-state index in [9.17, 15) is 0 Å². The third-order valence-electron chi connectivity index (χ3n) is 4.93. The van der Waals surface area contributed by atoms with E-state index in [-0.39, 0.29) is 0 Å². The molecule has 0 aromatic rings. The molecule has 0 aromatic carbocycles. The molecule has 1 aliphatic carbocycles. The largest absolute Gasteiger partial charge is 0.326 e. The Hall–Kier alpha value is -0.410. The van der Waals surface area contributed by atoms with Crippen molar-refractivity contribution in [2.24, 2.45) is 28.5 Å². The molecule has 3 heteroatoms. The smallest absolute Gasteiger partial charge is 0.0543 e. The van der Waals surface area contributed by atoms with Gasteiger partial charge in [-0.2, -0.15) is 0 Å². The van der Waals surface area contributed by atoms with Crippen LogP contribution in [0, 0.1) is 17.8 Å². The van der Waals surface area contributed by atoms with E-state index < -0.39 is 0 Å². The molecule has 0 saturated heterocycles. The predicted octanol–water partition coefficient (Wildman–Crippen LogP) is 4.41. The normalized spacial score (nSPS) is 18.8. The van der Waals surface area contributed by atoms with Crippen LogP contribution in [-0.2, 0) is 0 Å². The van der Waals surface area contributed by atoms with Crippen LogP contribution >= 0.6 is 0 Å². The van der Waals surface area contributed by atoms with Crippen molar-refractivity contribution in [3.63, 3.8) is 0 Å². The molecule has 0 aromatic heterocycles. The zero-order valence-electron chi connectivity index (χ0n) is 16.1. The Labute approximate surface area is 144 Å². The number of nitrogens with one attached hydrogen (secondary N) is 1. The van der Waals surface area contributed by atoms with Gasteiger partial charge >= 0.3 is 0 Å². The first-order chi connectivity index (χ1) is 11.0. The van der Waals surface area contributed by atoms with Crippen LogP contribution in [0.4, 0.5) is 0 Å². The lowest BCUT2D eigenvalue weighted by Gasteiger charge is -2.23. The molecule has 0 aliphatic heterocycles. The summed E-state index contributed by atoms with van der Waals surface area (Å²) >= 11 is 0. The van der Waals surface area contributed by atoms with Gasteiger partial charge in [0.25, 0.3) is 0 Å². The van der Waals surface area contributed by atoms with Crippen molar-refractivity contribution < 1.29 is 0 Å². The SMILES string of the molecule is CC(C)CCN[C@H](C/N=C(/CN)CC1CCCCC1)CC(C)C. The highest BCUT2D eigenvalue weighted by molar-refractivity contribution is 5.86. The molecule has 3 nitrogen and oxygen atoms in total. The average Bonchev–Trinajstić information content (AvgIpc) is 2.51. The van der Waals surface area contributed by atoms with Crippen LogP contribution < -0.4 is 11.1 Å². The molecular formula is C20H41N3. The maximum Gasteiger partial charge on any atom is 0.0543 e. The molecule has 0 heterocycles. The average molecular weight is 324 g/mol. The number of rotatable bonds is 11. The Balaban J connectivity index is 2.46. The highest BCUT2D eigenvalue weighted by Gasteiger charge is 2.16. The fraction of sp³-hybridized carbons (Fsp3) is 0.950. The van der Waals surface area contributed by atoms with Gasteiger partial charge in [0.05, 0.1) is 6.54 Å². The summed E-state index contributed by atoms with van der Waals surface area (Å²) in [6.07, 6.45) is 10.5. The van der Waals surface area contributed by atoms with Crippen LogP contribution in [0.2, 0.25) is 0 Å². The van der Waals surface area contributed by atoms with Crippen LogP contribution in [0.1, 0.15) is 79.1 Å². The Bertz CT molecular complexity index is 317. The van der Waals surface area contributed by atoms with E-state index in [4.69, 9.17) is 10.7 Å². The summed E-state index contributed by atoms with van der Waals surface area (Å²) in [5, 5.41) is 3.72. The lowest BCUT2D eigenvalue weighted by atomic mass is 9.85. The summed E-state index contributed by atoms with van der Waals surface area (Å²) in [5.41, 5.74) is 7.21. The molecule has 0 spiro atoms.